The van der Waals surface area contributed by atoms with Gasteiger partial charge in [-0.05, 0) is 18.8 Å². The number of hydrogen-bond acceptors (Lipinski definition) is 3. The molecule has 0 aliphatic carbocycles. The van der Waals surface area contributed by atoms with E-state index in [0.717, 1.165) is 19.4 Å². The van der Waals surface area contributed by atoms with E-state index in [2.05, 4.69) is 24.3 Å². The second-order valence-electron chi connectivity index (χ2n) is 4.36. The maximum Gasteiger partial charge on any atom is 0.241 e. The van der Waals surface area contributed by atoms with Crippen molar-refractivity contribution < 1.29 is 4.79 Å². The van der Waals surface area contributed by atoms with Gasteiger partial charge in [-0.1, -0.05) is 13.8 Å². The van der Waals surface area contributed by atoms with Gasteiger partial charge < -0.3 is 11.1 Å². The number of nitrogens with zero attached hydrogens (tertiary/aromatic N) is 2. The number of amides is 1. The van der Waals surface area contributed by atoms with Crippen LogP contribution in [-0.4, -0.2) is 22.2 Å². The Labute approximate surface area is 96.0 Å². The summed E-state index contributed by atoms with van der Waals surface area (Å²) < 4.78 is 1.53. The van der Waals surface area contributed by atoms with Crippen LogP contribution in [0.2, 0.25) is 0 Å². The first kappa shape index (κ1) is 12.5. The molecule has 5 nitrogen and oxygen atoms in total. The van der Waals surface area contributed by atoms with Gasteiger partial charge in [0.1, 0.15) is 6.54 Å². The normalized spacial score (nSPS) is 10.7. The van der Waals surface area contributed by atoms with E-state index >= 15 is 0 Å². The van der Waals surface area contributed by atoms with E-state index in [0.29, 0.717) is 11.6 Å². The molecule has 5 heteroatoms. The molecule has 0 radical (unpaired) electrons. The second kappa shape index (κ2) is 6.15. The third-order valence-electron chi connectivity index (χ3n) is 2.24. The fraction of sp³-hybridized carbons (Fsp3) is 0.636. The molecule has 0 fully saturated rings. The smallest absolute Gasteiger partial charge is 0.241 e. The average molecular weight is 224 g/mol. The molecule has 0 saturated carbocycles. The van der Waals surface area contributed by atoms with Gasteiger partial charge in [-0.15, -0.1) is 0 Å². The van der Waals surface area contributed by atoms with Crippen LogP contribution >= 0.6 is 0 Å². The minimum atomic E-state index is -0.0214. The Hall–Kier alpha value is -1.52. The Bertz CT molecular complexity index is 332. The summed E-state index contributed by atoms with van der Waals surface area (Å²) in [5, 5.41) is 6.80. The van der Waals surface area contributed by atoms with Gasteiger partial charge in [0.15, 0.2) is 0 Å². The van der Waals surface area contributed by atoms with Crippen molar-refractivity contribution in [1.29, 1.82) is 0 Å². The van der Waals surface area contributed by atoms with Gasteiger partial charge >= 0.3 is 0 Å². The molecule has 0 bridgehead atoms. The summed E-state index contributed by atoms with van der Waals surface area (Å²) in [4.78, 5) is 11.5. The van der Waals surface area contributed by atoms with E-state index in [9.17, 15) is 4.79 Å². The number of rotatable bonds is 6. The van der Waals surface area contributed by atoms with Crippen molar-refractivity contribution in [1.82, 2.24) is 15.1 Å². The molecule has 16 heavy (non-hydrogen) atoms. The third-order valence-corrected chi connectivity index (χ3v) is 2.24. The molecule has 0 aliphatic heterocycles. The molecule has 0 saturated heterocycles. The molecule has 1 rings (SSSR count). The Morgan fingerprint density at radius 2 is 2.38 bits per heavy atom. The number of carbonyl (C=O) groups is 1. The predicted octanol–water partition coefficient (Wildman–Crippen LogP) is 1.02. The van der Waals surface area contributed by atoms with E-state index < -0.39 is 0 Å². The Kier molecular flexibility index (Phi) is 4.82. The van der Waals surface area contributed by atoms with Crippen molar-refractivity contribution in [3.8, 4) is 0 Å². The Balaban J connectivity index is 2.16. The molecular formula is C11H20N4O. The van der Waals surface area contributed by atoms with Crippen LogP contribution in [0.3, 0.4) is 0 Å². The number of nitrogens with one attached hydrogen (secondary N) is 1. The van der Waals surface area contributed by atoms with E-state index in [1.165, 1.54) is 10.9 Å². The highest BCUT2D eigenvalue weighted by Crippen LogP contribution is 2.01. The van der Waals surface area contributed by atoms with Gasteiger partial charge in [0.05, 0.1) is 11.9 Å². The largest absolute Gasteiger partial charge is 0.396 e. The summed E-state index contributed by atoms with van der Waals surface area (Å²) in [5.41, 5.74) is 6.07. The summed E-state index contributed by atoms with van der Waals surface area (Å²) in [6.07, 6.45) is 5.33. The topological polar surface area (TPSA) is 72.9 Å². The number of nitrogens with two attached hydrogens (primary N) is 1. The fourth-order valence-corrected chi connectivity index (χ4v) is 1.41. The fourth-order valence-electron chi connectivity index (χ4n) is 1.41. The standard InChI is InChI=1S/C11H20N4O/c1-9(2)4-3-5-13-11(16)8-15-7-10(12)6-14-15/h6-7,9H,3-5,8,12H2,1-2H3,(H,13,16). The molecule has 90 valence electrons. The summed E-state index contributed by atoms with van der Waals surface area (Å²) in [5.74, 6) is 0.662. The summed E-state index contributed by atoms with van der Waals surface area (Å²) in [6.45, 7) is 5.31. The number of anilines is 1. The first-order valence-electron chi connectivity index (χ1n) is 5.62. The predicted molar refractivity (Wildman–Crippen MR) is 63.7 cm³/mol. The van der Waals surface area contributed by atoms with Crippen molar-refractivity contribution in [3.05, 3.63) is 12.4 Å². The van der Waals surface area contributed by atoms with Crippen molar-refractivity contribution in [2.24, 2.45) is 5.92 Å². The molecule has 0 aliphatic rings. The van der Waals surface area contributed by atoms with Crippen LogP contribution < -0.4 is 11.1 Å². The maximum atomic E-state index is 11.5. The van der Waals surface area contributed by atoms with E-state index in [1.807, 2.05) is 0 Å². The third kappa shape index (κ3) is 4.82. The molecule has 0 unspecified atom stereocenters. The van der Waals surface area contributed by atoms with Crippen LogP contribution in [0, 0.1) is 5.92 Å². The SMILES string of the molecule is CC(C)CCCNC(=O)Cn1cc(N)cn1. The molecule has 1 heterocycles. The molecule has 1 aromatic heterocycles. The van der Waals surface area contributed by atoms with Crippen LogP contribution in [-0.2, 0) is 11.3 Å². The molecule has 1 amide bonds. The number of aromatic nitrogens is 2. The van der Waals surface area contributed by atoms with Gasteiger partial charge in [0.25, 0.3) is 0 Å². The van der Waals surface area contributed by atoms with Gasteiger partial charge in [0, 0.05) is 12.7 Å². The van der Waals surface area contributed by atoms with Crippen molar-refractivity contribution >= 4 is 11.6 Å². The minimum Gasteiger partial charge on any atom is -0.396 e. The lowest BCUT2D eigenvalue weighted by Crippen LogP contribution is -2.28. The highest BCUT2D eigenvalue weighted by molar-refractivity contribution is 5.75. The van der Waals surface area contributed by atoms with Gasteiger partial charge in [-0.3, -0.25) is 9.48 Å². The summed E-state index contributed by atoms with van der Waals surface area (Å²) in [6, 6.07) is 0. The van der Waals surface area contributed by atoms with E-state index in [1.54, 1.807) is 6.20 Å². The summed E-state index contributed by atoms with van der Waals surface area (Å²) >= 11 is 0. The van der Waals surface area contributed by atoms with Gasteiger partial charge in [-0.2, -0.15) is 5.10 Å². The number of hydrogen-bond donors (Lipinski definition) is 2. The van der Waals surface area contributed by atoms with Crippen molar-refractivity contribution in [2.45, 2.75) is 33.2 Å². The average Bonchev–Trinajstić information content (AvgIpc) is 2.58. The zero-order valence-corrected chi connectivity index (χ0v) is 9.94. The van der Waals surface area contributed by atoms with Crippen LogP contribution in [0.25, 0.3) is 0 Å². The highest BCUT2D eigenvalue weighted by atomic mass is 16.2. The highest BCUT2D eigenvalue weighted by Gasteiger charge is 2.03. The zero-order chi connectivity index (χ0) is 12.0. The Morgan fingerprint density at radius 3 is 2.94 bits per heavy atom. The Morgan fingerprint density at radius 1 is 1.62 bits per heavy atom. The first-order chi connectivity index (χ1) is 7.58. The number of nitrogen functional groups attached to an aromatic ring is 1. The van der Waals surface area contributed by atoms with Gasteiger partial charge in [-0.25, -0.2) is 0 Å². The zero-order valence-electron chi connectivity index (χ0n) is 9.94. The molecule has 0 spiro atoms. The monoisotopic (exact) mass is 224 g/mol. The molecule has 0 atom stereocenters. The second-order valence-corrected chi connectivity index (χ2v) is 4.36. The molecular weight excluding hydrogens is 204 g/mol. The lowest BCUT2D eigenvalue weighted by Gasteiger charge is -2.06. The van der Waals surface area contributed by atoms with Crippen LogP contribution in [0.1, 0.15) is 26.7 Å². The van der Waals surface area contributed by atoms with Gasteiger partial charge in [0.2, 0.25) is 5.91 Å². The first-order valence-corrected chi connectivity index (χ1v) is 5.62. The number of carbonyl (C=O) groups excluding carboxylic acids is 1. The minimum absolute atomic E-state index is 0.0214. The van der Waals surface area contributed by atoms with Crippen molar-refractivity contribution in [2.75, 3.05) is 12.3 Å². The lowest BCUT2D eigenvalue weighted by molar-refractivity contribution is -0.121. The lowest BCUT2D eigenvalue weighted by atomic mass is 10.1. The summed E-state index contributed by atoms with van der Waals surface area (Å²) in [7, 11) is 0. The molecule has 1 aromatic rings. The van der Waals surface area contributed by atoms with Crippen LogP contribution in [0.4, 0.5) is 5.69 Å². The van der Waals surface area contributed by atoms with E-state index in [-0.39, 0.29) is 12.5 Å². The maximum absolute atomic E-state index is 11.5. The van der Waals surface area contributed by atoms with Crippen molar-refractivity contribution in [3.63, 3.8) is 0 Å². The quantitative estimate of drug-likeness (QED) is 0.708. The van der Waals surface area contributed by atoms with Crippen LogP contribution in [0.15, 0.2) is 12.4 Å². The van der Waals surface area contributed by atoms with Crippen LogP contribution in [0.5, 0.6) is 0 Å². The molecule has 3 N–H and O–H groups in total. The molecule has 0 aromatic carbocycles. The van der Waals surface area contributed by atoms with E-state index in [4.69, 9.17) is 5.73 Å².